The van der Waals surface area contributed by atoms with Crippen LogP contribution in [0.15, 0.2) is 12.2 Å². The highest BCUT2D eigenvalue weighted by Gasteiger charge is 2.78. The fourth-order valence-corrected chi connectivity index (χ4v) is 3.05. The van der Waals surface area contributed by atoms with E-state index in [9.17, 15) is 35.5 Å². The minimum Gasteiger partial charge on any atom is -0.481 e. The van der Waals surface area contributed by atoms with Gasteiger partial charge in [-0.1, -0.05) is 12.2 Å². The number of halogens is 7. The second-order valence-electron chi connectivity index (χ2n) is 5.03. The van der Waals surface area contributed by atoms with Gasteiger partial charge in [0.05, 0.1) is 5.92 Å². The Hall–Kier alpha value is -1.28. The second-order valence-corrected chi connectivity index (χ2v) is 5.03. The number of allylic oxidation sites excluding steroid dienone is 2. The number of fused-ring (bicyclic) bond motifs is 2. The monoisotopic (exact) mass is 306 g/mol. The molecule has 0 unspecified atom stereocenters. The molecule has 2 rings (SSSR count). The van der Waals surface area contributed by atoms with Crippen molar-refractivity contribution in [2.24, 2.45) is 23.7 Å². The van der Waals surface area contributed by atoms with Crippen LogP contribution in [0, 0.1) is 23.7 Å². The molecule has 0 spiro atoms. The molecule has 0 aromatic carbocycles. The van der Waals surface area contributed by atoms with E-state index in [1.807, 2.05) is 0 Å². The molecule has 1 fully saturated rings. The van der Waals surface area contributed by atoms with E-state index in [1.165, 1.54) is 6.08 Å². The first-order valence-corrected chi connectivity index (χ1v) is 5.64. The van der Waals surface area contributed by atoms with Crippen LogP contribution in [0.5, 0.6) is 0 Å². The molecule has 0 saturated heterocycles. The zero-order valence-electron chi connectivity index (χ0n) is 9.67. The number of carboxylic acid groups (broad SMARTS) is 1. The van der Waals surface area contributed by atoms with Crippen molar-refractivity contribution in [3.05, 3.63) is 12.2 Å². The number of carbonyl (C=O) groups is 1. The molecule has 0 aromatic heterocycles. The number of rotatable bonds is 3. The molecular formula is C11H9F7O2. The average molecular weight is 306 g/mol. The summed E-state index contributed by atoms with van der Waals surface area (Å²) in [7, 11) is 0. The fourth-order valence-electron chi connectivity index (χ4n) is 3.05. The molecule has 4 atom stereocenters. The van der Waals surface area contributed by atoms with Crippen LogP contribution >= 0.6 is 0 Å². The molecule has 0 radical (unpaired) electrons. The van der Waals surface area contributed by atoms with Gasteiger partial charge in [-0.2, -0.15) is 30.7 Å². The molecule has 0 aromatic rings. The van der Waals surface area contributed by atoms with Crippen LogP contribution in [0.3, 0.4) is 0 Å². The van der Waals surface area contributed by atoms with Gasteiger partial charge >= 0.3 is 24.0 Å². The van der Waals surface area contributed by atoms with Crippen molar-refractivity contribution in [2.75, 3.05) is 0 Å². The summed E-state index contributed by atoms with van der Waals surface area (Å²) in [6.07, 6.45) is -4.22. The molecule has 1 saturated carbocycles. The first-order valence-electron chi connectivity index (χ1n) is 5.64. The van der Waals surface area contributed by atoms with E-state index in [2.05, 4.69) is 0 Å². The van der Waals surface area contributed by atoms with Crippen molar-refractivity contribution in [2.45, 2.75) is 24.4 Å². The predicted octanol–water partition coefficient (Wildman–Crippen LogP) is 3.34. The summed E-state index contributed by atoms with van der Waals surface area (Å²) in [5, 5.41) is 8.84. The lowest BCUT2D eigenvalue weighted by Crippen LogP contribution is -2.58. The maximum absolute atomic E-state index is 13.7. The largest absolute Gasteiger partial charge is 0.481 e. The maximum atomic E-state index is 13.7. The van der Waals surface area contributed by atoms with Gasteiger partial charge in [0.15, 0.2) is 0 Å². The molecule has 2 aliphatic carbocycles. The topological polar surface area (TPSA) is 37.3 Å². The lowest BCUT2D eigenvalue weighted by molar-refractivity contribution is -0.369. The number of aliphatic carboxylic acids is 1. The summed E-state index contributed by atoms with van der Waals surface area (Å²) in [6, 6.07) is 0. The summed E-state index contributed by atoms with van der Waals surface area (Å²) in [4.78, 5) is 10.9. The third-order valence-corrected chi connectivity index (χ3v) is 3.94. The molecule has 20 heavy (non-hydrogen) atoms. The number of carboxylic acids is 1. The molecule has 1 N–H and O–H groups in total. The Labute approximate surface area is 108 Å². The van der Waals surface area contributed by atoms with Crippen LogP contribution in [0.4, 0.5) is 30.7 Å². The van der Waals surface area contributed by atoms with Gasteiger partial charge in [0, 0.05) is 5.92 Å². The lowest BCUT2D eigenvalue weighted by Gasteiger charge is -2.37. The Morgan fingerprint density at radius 2 is 1.50 bits per heavy atom. The standard InChI is InChI=1S/C11H9F7O2/c12-9(13,10(14,15)11(16,17)18)7-5-2-1-4(3-5)6(7)8(19)20/h1-2,4-7H,3H2,(H,19,20)/t4-,5+,6+,7+/m1/s1. The molecule has 2 nitrogen and oxygen atoms in total. The van der Waals surface area contributed by atoms with E-state index in [4.69, 9.17) is 5.11 Å². The minimum atomic E-state index is -6.44. The first kappa shape index (κ1) is 15.1. The molecule has 0 heterocycles. The van der Waals surface area contributed by atoms with E-state index in [0.29, 0.717) is 0 Å². The van der Waals surface area contributed by atoms with Crippen LogP contribution < -0.4 is 0 Å². The number of hydrogen-bond acceptors (Lipinski definition) is 1. The predicted molar refractivity (Wildman–Crippen MR) is 51.3 cm³/mol. The van der Waals surface area contributed by atoms with Crippen molar-refractivity contribution < 1.29 is 40.6 Å². The zero-order chi connectivity index (χ0) is 15.5. The van der Waals surface area contributed by atoms with Crippen LogP contribution in [0.1, 0.15) is 6.42 Å². The van der Waals surface area contributed by atoms with E-state index >= 15 is 0 Å². The van der Waals surface area contributed by atoms with Gasteiger partial charge in [0.25, 0.3) is 0 Å². The third-order valence-electron chi connectivity index (χ3n) is 3.94. The highest BCUT2D eigenvalue weighted by atomic mass is 19.4. The van der Waals surface area contributed by atoms with Gasteiger partial charge in [-0.25, -0.2) is 0 Å². The summed E-state index contributed by atoms with van der Waals surface area (Å²) >= 11 is 0. The third kappa shape index (κ3) is 1.81. The number of alkyl halides is 7. The summed E-state index contributed by atoms with van der Waals surface area (Å²) in [6.45, 7) is 0. The summed E-state index contributed by atoms with van der Waals surface area (Å²) in [5.41, 5.74) is 0. The highest BCUT2D eigenvalue weighted by molar-refractivity contribution is 5.72. The van der Waals surface area contributed by atoms with E-state index < -0.39 is 47.7 Å². The normalized spacial score (nSPS) is 33.8. The Morgan fingerprint density at radius 3 is 1.95 bits per heavy atom. The van der Waals surface area contributed by atoms with Crippen molar-refractivity contribution in [3.8, 4) is 0 Å². The van der Waals surface area contributed by atoms with Crippen molar-refractivity contribution in [3.63, 3.8) is 0 Å². The summed E-state index contributed by atoms with van der Waals surface area (Å²) in [5.74, 6) is -20.2. The Kier molecular flexibility index (Phi) is 3.11. The smallest absolute Gasteiger partial charge is 0.459 e. The van der Waals surface area contributed by atoms with Crippen molar-refractivity contribution in [1.29, 1.82) is 0 Å². The Bertz CT molecular complexity index is 454. The van der Waals surface area contributed by atoms with Gasteiger partial charge in [-0.15, -0.1) is 0 Å². The molecule has 0 amide bonds. The molecule has 2 aliphatic rings. The van der Waals surface area contributed by atoms with Gasteiger partial charge in [-0.3, -0.25) is 4.79 Å². The van der Waals surface area contributed by atoms with E-state index in [0.717, 1.165) is 6.08 Å². The number of hydrogen-bond donors (Lipinski definition) is 1. The van der Waals surface area contributed by atoms with Gasteiger partial charge in [0.1, 0.15) is 0 Å². The van der Waals surface area contributed by atoms with Gasteiger partial charge in [0.2, 0.25) is 0 Å². The van der Waals surface area contributed by atoms with Crippen LogP contribution in [-0.4, -0.2) is 29.1 Å². The average Bonchev–Trinajstić information content (AvgIpc) is 2.86. The lowest BCUT2D eigenvalue weighted by atomic mass is 9.76. The van der Waals surface area contributed by atoms with Gasteiger partial charge < -0.3 is 5.11 Å². The van der Waals surface area contributed by atoms with Crippen LogP contribution in [-0.2, 0) is 4.79 Å². The van der Waals surface area contributed by atoms with Gasteiger partial charge in [-0.05, 0) is 18.3 Å². The molecule has 0 aliphatic heterocycles. The Balaban J connectivity index is 2.43. The minimum absolute atomic E-state index is 0.148. The summed E-state index contributed by atoms with van der Waals surface area (Å²) < 4.78 is 89.9. The van der Waals surface area contributed by atoms with Crippen molar-refractivity contribution >= 4 is 5.97 Å². The highest BCUT2D eigenvalue weighted by Crippen LogP contribution is 2.60. The van der Waals surface area contributed by atoms with E-state index in [1.54, 1.807) is 0 Å². The Morgan fingerprint density at radius 1 is 1.00 bits per heavy atom. The fraction of sp³-hybridized carbons (Fsp3) is 0.727. The van der Waals surface area contributed by atoms with Crippen LogP contribution in [0.2, 0.25) is 0 Å². The molecule has 9 heteroatoms. The molecule has 114 valence electrons. The SMILES string of the molecule is O=C(O)[C@@H]1[C@@H](C(F)(F)C(F)(F)C(F)(F)F)[C@H]2C=C[C@@H]1C2. The maximum Gasteiger partial charge on any atom is 0.459 e. The molecule has 2 bridgehead atoms. The van der Waals surface area contributed by atoms with Crippen LogP contribution in [0.25, 0.3) is 0 Å². The van der Waals surface area contributed by atoms with E-state index in [-0.39, 0.29) is 6.42 Å². The quantitative estimate of drug-likeness (QED) is 0.641. The first-order chi connectivity index (χ1) is 8.91. The second kappa shape index (κ2) is 4.11. The van der Waals surface area contributed by atoms with Crippen molar-refractivity contribution in [1.82, 2.24) is 0 Å². The molecular weight excluding hydrogens is 297 g/mol. The zero-order valence-corrected chi connectivity index (χ0v) is 9.67.